The first-order valence-electron chi connectivity index (χ1n) is 8.70. The molecule has 0 aromatic carbocycles. The molecular weight excluding hydrogens is 290 g/mol. The van der Waals surface area contributed by atoms with E-state index in [0.29, 0.717) is 12.1 Å². The quantitative estimate of drug-likeness (QED) is 0.810. The van der Waals surface area contributed by atoms with Crippen molar-refractivity contribution in [2.24, 2.45) is 0 Å². The summed E-state index contributed by atoms with van der Waals surface area (Å²) in [6, 6.07) is 4.78. The van der Waals surface area contributed by atoms with Crippen molar-refractivity contribution in [1.29, 1.82) is 0 Å². The average molecular weight is 317 g/mol. The Morgan fingerprint density at radius 2 is 2.17 bits per heavy atom. The molecule has 1 saturated heterocycles. The summed E-state index contributed by atoms with van der Waals surface area (Å²) in [5.74, 6) is 1.06. The fourth-order valence-electron chi connectivity index (χ4n) is 3.29. The lowest BCUT2D eigenvalue weighted by Crippen LogP contribution is -2.42. The van der Waals surface area contributed by atoms with E-state index in [9.17, 15) is 0 Å². The van der Waals surface area contributed by atoms with E-state index in [0.717, 1.165) is 38.4 Å². The molecule has 126 valence electrons. The number of hydrogen-bond donors (Lipinski definition) is 1. The summed E-state index contributed by atoms with van der Waals surface area (Å²) in [5.41, 5.74) is 0. The van der Waals surface area contributed by atoms with E-state index in [4.69, 9.17) is 4.42 Å². The Labute approximate surface area is 137 Å². The summed E-state index contributed by atoms with van der Waals surface area (Å²) < 4.78 is 7.60. The van der Waals surface area contributed by atoms with E-state index in [1.165, 1.54) is 19.3 Å². The van der Waals surface area contributed by atoms with Gasteiger partial charge in [-0.25, -0.2) is 4.98 Å². The fourth-order valence-corrected chi connectivity index (χ4v) is 3.29. The summed E-state index contributed by atoms with van der Waals surface area (Å²) in [4.78, 5) is 6.57. The number of aromatic nitrogens is 3. The highest BCUT2D eigenvalue weighted by molar-refractivity contribution is 5.06. The van der Waals surface area contributed by atoms with Gasteiger partial charge in [0.15, 0.2) is 0 Å². The lowest BCUT2D eigenvalue weighted by Gasteiger charge is -2.34. The van der Waals surface area contributed by atoms with Crippen molar-refractivity contribution in [3.63, 3.8) is 0 Å². The van der Waals surface area contributed by atoms with Crippen molar-refractivity contribution >= 4 is 0 Å². The van der Waals surface area contributed by atoms with E-state index in [2.05, 4.69) is 33.3 Å². The summed E-state index contributed by atoms with van der Waals surface area (Å²) in [6.07, 6.45) is 10.1. The Hall–Kier alpha value is -1.66. The van der Waals surface area contributed by atoms with Gasteiger partial charge in [-0.1, -0.05) is 13.3 Å². The Morgan fingerprint density at radius 1 is 1.30 bits per heavy atom. The molecule has 2 aromatic heterocycles. The summed E-state index contributed by atoms with van der Waals surface area (Å²) in [6.45, 7) is 6.28. The molecule has 0 unspecified atom stereocenters. The maximum atomic E-state index is 5.71. The van der Waals surface area contributed by atoms with Crippen LogP contribution in [0.5, 0.6) is 0 Å². The van der Waals surface area contributed by atoms with Crippen LogP contribution in [-0.2, 0) is 6.54 Å². The van der Waals surface area contributed by atoms with Crippen LogP contribution in [0.25, 0.3) is 0 Å². The van der Waals surface area contributed by atoms with Gasteiger partial charge in [0.25, 0.3) is 0 Å². The van der Waals surface area contributed by atoms with E-state index in [-0.39, 0.29) is 0 Å². The third-order valence-corrected chi connectivity index (χ3v) is 4.67. The minimum atomic E-state index is 0.315. The normalized spacial score (nSPS) is 18.8. The van der Waals surface area contributed by atoms with Crippen LogP contribution in [0.1, 0.15) is 44.4 Å². The lowest BCUT2D eigenvalue weighted by atomic mass is 10.1. The highest BCUT2D eigenvalue weighted by atomic mass is 16.3. The Morgan fingerprint density at radius 3 is 2.83 bits per heavy atom. The van der Waals surface area contributed by atoms with Crippen LogP contribution in [0.2, 0.25) is 0 Å². The van der Waals surface area contributed by atoms with Crippen LogP contribution in [0, 0.1) is 0 Å². The van der Waals surface area contributed by atoms with E-state index >= 15 is 0 Å². The first kappa shape index (κ1) is 16.2. The molecule has 1 fully saturated rings. The molecule has 23 heavy (non-hydrogen) atoms. The first-order chi connectivity index (χ1) is 11.4. The largest absolute Gasteiger partial charge is 0.468 e. The van der Waals surface area contributed by atoms with Crippen LogP contribution in [0.4, 0.5) is 0 Å². The standard InChI is InChI=1S/C17H27N5O/c1-2-15(12-22-14-18-13-20-22)19-11-16(17-7-6-10-23-17)21-8-4-3-5-9-21/h6-7,10,13-16,19H,2-5,8-9,11-12H2,1H3/t15-,16+/m0/s1. The molecule has 1 aliphatic rings. The van der Waals surface area contributed by atoms with Crippen molar-refractivity contribution in [1.82, 2.24) is 25.0 Å². The van der Waals surface area contributed by atoms with Crippen molar-refractivity contribution in [2.75, 3.05) is 19.6 Å². The molecule has 0 saturated carbocycles. The number of furan rings is 1. The minimum Gasteiger partial charge on any atom is -0.468 e. The average Bonchev–Trinajstić information content (AvgIpc) is 3.29. The highest BCUT2D eigenvalue weighted by Crippen LogP contribution is 2.24. The summed E-state index contributed by atoms with van der Waals surface area (Å²) in [7, 11) is 0. The van der Waals surface area contributed by atoms with Gasteiger partial charge in [-0.05, 0) is 44.5 Å². The molecule has 3 heterocycles. The van der Waals surface area contributed by atoms with Gasteiger partial charge in [0, 0.05) is 12.6 Å². The van der Waals surface area contributed by atoms with Gasteiger partial charge in [0.05, 0.1) is 18.8 Å². The Bertz CT molecular complexity index is 533. The van der Waals surface area contributed by atoms with Crippen molar-refractivity contribution in [3.05, 3.63) is 36.8 Å². The van der Waals surface area contributed by atoms with Crippen molar-refractivity contribution in [2.45, 2.75) is 51.2 Å². The van der Waals surface area contributed by atoms with Crippen LogP contribution in [0.3, 0.4) is 0 Å². The second-order valence-corrected chi connectivity index (χ2v) is 6.26. The predicted octanol–water partition coefficient (Wildman–Crippen LogP) is 2.47. The molecule has 1 aliphatic heterocycles. The number of nitrogens with one attached hydrogen (secondary N) is 1. The van der Waals surface area contributed by atoms with Crippen LogP contribution in [-0.4, -0.2) is 45.3 Å². The van der Waals surface area contributed by atoms with Crippen LogP contribution >= 0.6 is 0 Å². The van der Waals surface area contributed by atoms with E-state index in [1.54, 1.807) is 18.9 Å². The lowest BCUT2D eigenvalue weighted by molar-refractivity contribution is 0.139. The van der Waals surface area contributed by atoms with Gasteiger partial charge in [-0.3, -0.25) is 9.58 Å². The second kappa shape index (κ2) is 8.26. The number of nitrogens with zero attached hydrogens (tertiary/aromatic N) is 4. The van der Waals surface area contributed by atoms with Gasteiger partial charge in [-0.15, -0.1) is 0 Å². The molecule has 0 spiro atoms. The van der Waals surface area contributed by atoms with E-state index < -0.39 is 0 Å². The minimum absolute atomic E-state index is 0.315. The molecule has 0 bridgehead atoms. The topological polar surface area (TPSA) is 59.1 Å². The monoisotopic (exact) mass is 317 g/mol. The third kappa shape index (κ3) is 4.42. The molecule has 2 atom stereocenters. The zero-order chi connectivity index (χ0) is 15.9. The van der Waals surface area contributed by atoms with Crippen LogP contribution in [0.15, 0.2) is 35.5 Å². The number of hydrogen-bond acceptors (Lipinski definition) is 5. The highest BCUT2D eigenvalue weighted by Gasteiger charge is 2.25. The van der Waals surface area contributed by atoms with E-state index in [1.807, 2.05) is 10.7 Å². The molecule has 0 radical (unpaired) electrons. The van der Waals surface area contributed by atoms with Gasteiger partial charge >= 0.3 is 0 Å². The molecule has 6 nitrogen and oxygen atoms in total. The fraction of sp³-hybridized carbons (Fsp3) is 0.647. The van der Waals surface area contributed by atoms with Gasteiger partial charge in [0.1, 0.15) is 18.4 Å². The zero-order valence-electron chi connectivity index (χ0n) is 13.9. The molecule has 3 rings (SSSR count). The first-order valence-corrected chi connectivity index (χ1v) is 8.70. The molecule has 2 aromatic rings. The summed E-state index contributed by atoms with van der Waals surface area (Å²) >= 11 is 0. The van der Waals surface area contributed by atoms with Gasteiger partial charge < -0.3 is 9.73 Å². The number of piperidine rings is 1. The molecule has 0 amide bonds. The van der Waals surface area contributed by atoms with Gasteiger partial charge in [0.2, 0.25) is 0 Å². The smallest absolute Gasteiger partial charge is 0.137 e. The molecule has 1 N–H and O–H groups in total. The Balaban J connectivity index is 1.60. The van der Waals surface area contributed by atoms with Crippen molar-refractivity contribution < 1.29 is 4.42 Å². The zero-order valence-corrected chi connectivity index (χ0v) is 13.9. The maximum Gasteiger partial charge on any atom is 0.137 e. The molecule has 0 aliphatic carbocycles. The number of rotatable bonds is 8. The summed E-state index contributed by atoms with van der Waals surface area (Å²) in [5, 5.41) is 7.91. The molecular formula is C17H27N5O. The molecule has 6 heteroatoms. The Kier molecular flexibility index (Phi) is 5.82. The van der Waals surface area contributed by atoms with Crippen molar-refractivity contribution in [3.8, 4) is 0 Å². The maximum absolute atomic E-state index is 5.71. The third-order valence-electron chi connectivity index (χ3n) is 4.67. The van der Waals surface area contributed by atoms with Gasteiger partial charge in [-0.2, -0.15) is 5.10 Å². The number of likely N-dealkylation sites (tertiary alicyclic amines) is 1. The predicted molar refractivity (Wildman–Crippen MR) is 89.0 cm³/mol. The SMILES string of the molecule is CC[C@@H](Cn1cncn1)NC[C@H](c1ccco1)N1CCCCC1. The van der Waals surface area contributed by atoms with Crippen LogP contribution < -0.4 is 5.32 Å². The second-order valence-electron chi connectivity index (χ2n) is 6.26.